The Morgan fingerprint density at radius 1 is 0.921 bits per heavy atom. The molecule has 0 radical (unpaired) electrons. The summed E-state index contributed by atoms with van der Waals surface area (Å²) in [6.07, 6.45) is 4.40. The third kappa shape index (κ3) is 7.19. The number of carbonyl (C=O) groups excluding carboxylic acids is 2. The molecule has 4 aromatic rings. The summed E-state index contributed by atoms with van der Waals surface area (Å²) in [7, 11) is 0. The average Bonchev–Trinajstić information content (AvgIpc) is 3.33. The maximum atomic E-state index is 13.8. The zero-order chi connectivity index (χ0) is 27.1. The highest BCUT2D eigenvalue weighted by molar-refractivity contribution is 9.10. The van der Waals surface area contributed by atoms with Crippen LogP contribution < -0.4 is 0 Å². The molecule has 1 heterocycles. The molecule has 8 heteroatoms. The van der Waals surface area contributed by atoms with Crippen molar-refractivity contribution in [3.05, 3.63) is 104 Å². The summed E-state index contributed by atoms with van der Waals surface area (Å²) in [6, 6.07) is 20.8. The molecule has 0 aliphatic carbocycles. The monoisotopic (exact) mass is 613 g/mol. The quantitative estimate of drug-likeness (QED) is 0.188. The number of aromatic amines is 1. The van der Waals surface area contributed by atoms with E-state index in [1.165, 1.54) is 0 Å². The number of rotatable bonds is 11. The van der Waals surface area contributed by atoms with E-state index in [0.717, 1.165) is 39.3 Å². The van der Waals surface area contributed by atoms with E-state index in [0.29, 0.717) is 41.7 Å². The molecule has 0 aliphatic rings. The first-order chi connectivity index (χ1) is 18.4. The summed E-state index contributed by atoms with van der Waals surface area (Å²) in [5.74, 6) is -0.269. The molecule has 0 unspecified atom stereocenters. The van der Waals surface area contributed by atoms with Crippen LogP contribution in [0.15, 0.2) is 77.4 Å². The fraction of sp³-hybridized carbons (Fsp3) is 0.267. The molecule has 1 aromatic heterocycles. The molecule has 198 valence electrons. The first-order valence-corrected chi connectivity index (χ1v) is 14.2. The second kappa shape index (κ2) is 13.3. The number of benzene rings is 3. The Kier molecular flexibility index (Phi) is 9.89. The number of halogens is 3. The van der Waals surface area contributed by atoms with Gasteiger partial charge in [0.05, 0.1) is 10.0 Å². The van der Waals surface area contributed by atoms with Gasteiger partial charge in [0.1, 0.15) is 6.54 Å². The average molecular weight is 615 g/mol. The van der Waals surface area contributed by atoms with Crippen molar-refractivity contribution in [2.75, 3.05) is 19.6 Å². The number of nitrogens with zero attached hydrogens (tertiary/aromatic N) is 2. The zero-order valence-electron chi connectivity index (χ0n) is 21.2. The minimum atomic E-state index is -0.154. The Morgan fingerprint density at radius 3 is 2.50 bits per heavy atom. The van der Waals surface area contributed by atoms with Crippen molar-refractivity contribution < 1.29 is 9.59 Å². The van der Waals surface area contributed by atoms with Gasteiger partial charge in [0.2, 0.25) is 5.91 Å². The number of fused-ring (bicyclic) bond motifs is 1. The Morgan fingerprint density at radius 2 is 1.74 bits per heavy atom. The van der Waals surface area contributed by atoms with Crippen molar-refractivity contribution in [2.45, 2.75) is 32.7 Å². The van der Waals surface area contributed by atoms with Crippen LogP contribution in [0.2, 0.25) is 10.0 Å². The predicted molar refractivity (Wildman–Crippen MR) is 159 cm³/mol. The molecular weight excluding hydrogens is 585 g/mol. The fourth-order valence-corrected chi connectivity index (χ4v) is 5.13. The van der Waals surface area contributed by atoms with E-state index in [4.69, 9.17) is 23.2 Å². The van der Waals surface area contributed by atoms with Crippen molar-refractivity contribution >= 4 is 61.8 Å². The van der Waals surface area contributed by atoms with Gasteiger partial charge in [0.15, 0.2) is 0 Å². The van der Waals surface area contributed by atoms with Crippen LogP contribution in [0.3, 0.4) is 0 Å². The highest BCUT2D eigenvalue weighted by Gasteiger charge is 2.23. The first-order valence-electron chi connectivity index (χ1n) is 12.7. The summed E-state index contributed by atoms with van der Waals surface area (Å²) in [5, 5.41) is 2.06. The van der Waals surface area contributed by atoms with Crippen LogP contribution in [0.5, 0.6) is 0 Å². The molecule has 1 N–H and O–H groups in total. The van der Waals surface area contributed by atoms with Crippen molar-refractivity contribution in [2.24, 2.45) is 0 Å². The fourth-order valence-electron chi connectivity index (χ4n) is 4.41. The van der Waals surface area contributed by atoms with Crippen LogP contribution in [0.25, 0.3) is 10.9 Å². The number of hydrogen-bond acceptors (Lipinski definition) is 2. The lowest BCUT2D eigenvalue weighted by Gasteiger charge is -2.28. The standard InChI is InChI=1S/C30H30BrCl2N3O2/c1-2-3-14-36(30(38)22-7-6-8-24(31)17-22)20-29(37)35(19-21-11-12-26(32)27(33)16-21)15-13-23-18-34-28-10-5-4-9-25(23)28/h4-12,16-18,34H,2-3,13-15,19-20H2,1H3. The zero-order valence-corrected chi connectivity index (χ0v) is 24.3. The summed E-state index contributed by atoms with van der Waals surface area (Å²) in [5.41, 5.74) is 3.64. The van der Waals surface area contributed by atoms with E-state index in [1.54, 1.807) is 34.1 Å². The van der Waals surface area contributed by atoms with E-state index >= 15 is 0 Å². The van der Waals surface area contributed by atoms with Crippen molar-refractivity contribution in [1.29, 1.82) is 0 Å². The highest BCUT2D eigenvalue weighted by atomic mass is 79.9. The molecule has 0 spiro atoms. The van der Waals surface area contributed by atoms with Crippen LogP contribution >= 0.6 is 39.1 Å². The number of hydrogen-bond donors (Lipinski definition) is 1. The molecule has 0 saturated carbocycles. The van der Waals surface area contributed by atoms with Gasteiger partial charge in [0.25, 0.3) is 5.91 Å². The number of H-pyrrole nitrogens is 1. The highest BCUT2D eigenvalue weighted by Crippen LogP contribution is 2.24. The largest absolute Gasteiger partial charge is 0.361 e. The van der Waals surface area contributed by atoms with Crippen LogP contribution in [0.4, 0.5) is 0 Å². The van der Waals surface area contributed by atoms with Gasteiger partial charge in [-0.25, -0.2) is 0 Å². The molecule has 0 atom stereocenters. The number of aromatic nitrogens is 1. The van der Waals surface area contributed by atoms with E-state index in [1.807, 2.05) is 42.6 Å². The smallest absolute Gasteiger partial charge is 0.254 e. The molecule has 0 bridgehead atoms. The summed E-state index contributed by atoms with van der Waals surface area (Å²) in [6.45, 7) is 3.44. The topological polar surface area (TPSA) is 56.4 Å². The van der Waals surface area contributed by atoms with Gasteiger partial charge in [-0.3, -0.25) is 9.59 Å². The van der Waals surface area contributed by atoms with E-state index < -0.39 is 0 Å². The maximum Gasteiger partial charge on any atom is 0.254 e. The Bertz CT molecular complexity index is 1420. The van der Waals surface area contributed by atoms with Gasteiger partial charge >= 0.3 is 0 Å². The van der Waals surface area contributed by atoms with Gasteiger partial charge in [-0.2, -0.15) is 0 Å². The van der Waals surface area contributed by atoms with Crippen molar-refractivity contribution in [1.82, 2.24) is 14.8 Å². The molecule has 0 fully saturated rings. The molecule has 5 nitrogen and oxygen atoms in total. The van der Waals surface area contributed by atoms with Crippen LogP contribution in [-0.2, 0) is 17.8 Å². The Labute approximate surface area is 241 Å². The lowest BCUT2D eigenvalue weighted by Crippen LogP contribution is -2.43. The summed E-state index contributed by atoms with van der Waals surface area (Å²) in [4.78, 5) is 33.9. The molecule has 0 aliphatic heterocycles. The second-order valence-electron chi connectivity index (χ2n) is 9.26. The van der Waals surface area contributed by atoms with E-state index in [-0.39, 0.29) is 18.4 Å². The van der Waals surface area contributed by atoms with Gasteiger partial charge in [0, 0.05) is 46.8 Å². The van der Waals surface area contributed by atoms with E-state index in [9.17, 15) is 9.59 Å². The van der Waals surface area contributed by atoms with Gasteiger partial charge < -0.3 is 14.8 Å². The third-order valence-electron chi connectivity index (χ3n) is 6.50. The second-order valence-corrected chi connectivity index (χ2v) is 11.0. The van der Waals surface area contributed by atoms with Crippen LogP contribution in [-0.4, -0.2) is 46.2 Å². The lowest BCUT2D eigenvalue weighted by atomic mass is 10.1. The maximum absolute atomic E-state index is 13.8. The molecular formula is C30H30BrCl2N3O2. The SMILES string of the molecule is CCCCN(CC(=O)N(CCc1c[nH]c2ccccc12)Cc1ccc(Cl)c(Cl)c1)C(=O)c1cccc(Br)c1. The van der Waals surface area contributed by atoms with Crippen molar-refractivity contribution in [3.8, 4) is 0 Å². The number of carbonyl (C=O) groups is 2. The van der Waals surface area contributed by atoms with Crippen LogP contribution in [0.1, 0.15) is 41.3 Å². The normalized spacial score (nSPS) is 11.1. The Balaban J connectivity index is 1.56. The van der Waals surface area contributed by atoms with Gasteiger partial charge in [-0.1, -0.05) is 82.8 Å². The van der Waals surface area contributed by atoms with Gasteiger partial charge in [-0.05, 0) is 60.4 Å². The Hall–Kier alpha value is -2.80. The number of nitrogens with one attached hydrogen (secondary N) is 1. The lowest BCUT2D eigenvalue weighted by molar-refractivity contribution is -0.132. The number of amides is 2. The number of unbranched alkanes of at least 4 members (excludes halogenated alkanes) is 1. The third-order valence-corrected chi connectivity index (χ3v) is 7.73. The van der Waals surface area contributed by atoms with Crippen LogP contribution in [0, 0.1) is 0 Å². The first kappa shape index (κ1) is 28.2. The molecule has 4 rings (SSSR count). The van der Waals surface area contributed by atoms with Crippen molar-refractivity contribution in [3.63, 3.8) is 0 Å². The predicted octanol–water partition coefficient (Wildman–Crippen LogP) is 7.75. The minimum Gasteiger partial charge on any atom is -0.361 e. The summed E-state index contributed by atoms with van der Waals surface area (Å²) >= 11 is 15.8. The van der Waals surface area contributed by atoms with Gasteiger partial charge in [-0.15, -0.1) is 0 Å². The minimum absolute atomic E-state index is 0.000549. The van der Waals surface area contributed by atoms with E-state index in [2.05, 4.69) is 33.9 Å². The molecule has 2 amide bonds. The molecule has 0 saturated heterocycles. The molecule has 3 aromatic carbocycles. The summed E-state index contributed by atoms with van der Waals surface area (Å²) < 4.78 is 0.824. The number of para-hydroxylation sites is 1. The molecule has 38 heavy (non-hydrogen) atoms.